The minimum absolute atomic E-state index is 0.0691. The Morgan fingerprint density at radius 1 is 1.53 bits per heavy atom. The third-order valence-electron chi connectivity index (χ3n) is 2.83. The van der Waals surface area contributed by atoms with Crippen molar-refractivity contribution in [1.29, 1.82) is 0 Å². The predicted molar refractivity (Wildman–Crippen MR) is 58.8 cm³/mol. The number of aromatic nitrogens is 2. The molecule has 0 spiro atoms. The Kier molecular flexibility index (Phi) is 3.29. The molecule has 5 heteroatoms. The van der Waals surface area contributed by atoms with Gasteiger partial charge in [-0.05, 0) is 19.3 Å². The molecule has 0 aromatic carbocycles. The first-order valence-corrected chi connectivity index (χ1v) is 5.73. The molecule has 0 bridgehead atoms. The van der Waals surface area contributed by atoms with Crippen molar-refractivity contribution in [3.05, 3.63) is 16.7 Å². The second-order valence-electron chi connectivity index (χ2n) is 3.93. The van der Waals surface area contributed by atoms with Gasteiger partial charge in [-0.25, -0.2) is 4.98 Å². The van der Waals surface area contributed by atoms with E-state index in [4.69, 9.17) is 22.4 Å². The molecule has 1 aromatic rings. The smallest absolute Gasteiger partial charge is 0.133 e. The fourth-order valence-corrected chi connectivity index (χ4v) is 2.34. The first-order valence-electron chi connectivity index (χ1n) is 5.35. The van der Waals surface area contributed by atoms with Gasteiger partial charge in [-0.3, -0.25) is 0 Å². The van der Waals surface area contributed by atoms with Crippen LogP contribution < -0.4 is 5.73 Å². The summed E-state index contributed by atoms with van der Waals surface area (Å²) < 4.78 is 2.04. The minimum atomic E-state index is -0.249. The lowest BCUT2D eigenvalue weighted by Crippen LogP contribution is -2.13. The van der Waals surface area contributed by atoms with Gasteiger partial charge in [-0.2, -0.15) is 0 Å². The second-order valence-corrected chi connectivity index (χ2v) is 4.29. The molecule has 1 aliphatic heterocycles. The van der Waals surface area contributed by atoms with Gasteiger partial charge in [0.25, 0.3) is 0 Å². The third kappa shape index (κ3) is 2.02. The molecule has 1 atom stereocenters. The Labute approximate surface area is 94.1 Å². The highest BCUT2D eigenvalue weighted by atomic mass is 35.5. The summed E-state index contributed by atoms with van der Waals surface area (Å²) in [6.45, 7) is 1.01. The first kappa shape index (κ1) is 10.9. The van der Waals surface area contributed by atoms with Crippen LogP contribution >= 0.6 is 11.6 Å². The van der Waals surface area contributed by atoms with Gasteiger partial charge in [0, 0.05) is 19.6 Å². The summed E-state index contributed by atoms with van der Waals surface area (Å²) in [4.78, 5) is 4.46. The number of aliphatic hydroxyl groups excluding tert-OH is 1. The maximum absolute atomic E-state index is 8.83. The molecule has 1 unspecified atom stereocenters. The summed E-state index contributed by atoms with van der Waals surface area (Å²) >= 11 is 6.21. The zero-order chi connectivity index (χ0) is 10.8. The predicted octanol–water partition coefficient (Wildman–Crippen LogP) is 1.26. The number of nitrogens with zero attached hydrogens (tertiary/aromatic N) is 2. The number of aliphatic hydroxyl groups is 1. The molecular weight excluding hydrogens is 214 g/mol. The Balaban J connectivity index is 2.28. The highest BCUT2D eigenvalue weighted by Crippen LogP contribution is 2.27. The summed E-state index contributed by atoms with van der Waals surface area (Å²) in [5.74, 6) is 1.04. The third-order valence-corrected chi connectivity index (χ3v) is 3.23. The molecule has 1 aromatic heterocycles. The van der Waals surface area contributed by atoms with E-state index in [1.165, 1.54) is 6.42 Å². The average Bonchev–Trinajstić information content (AvgIpc) is 2.57. The molecule has 2 rings (SSSR count). The van der Waals surface area contributed by atoms with E-state index in [-0.39, 0.29) is 12.6 Å². The Hall–Kier alpha value is -0.580. The number of hydrogen-bond donors (Lipinski definition) is 2. The van der Waals surface area contributed by atoms with E-state index < -0.39 is 0 Å². The lowest BCUT2D eigenvalue weighted by molar-refractivity contribution is 0.275. The van der Waals surface area contributed by atoms with E-state index in [0.717, 1.165) is 30.9 Å². The number of halogens is 1. The van der Waals surface area contributed by atoms with Crippen LogP contribution in [-0.2, 0) is 13.0 Å². The van der Waals surface area contributed by atoms with Crippen molar-refractivity contribution in [2.24, 2.45) is 5.73 Å². The van der Waals surface area contributed by atoms with Crippen LogP contribution in [0, 0.1) is 0 Å². The Morgan fingerprint density at radius 2 is 2.33 bits per heavy atom. The molecule has 0 amide bonds. The van der Waals surface area contributed by atoms with Gasteiger partial charge in [0.05, 0.1) is 11.7 Å². The fourth-order valence-electron chi connectivity index (χ4n) is 1.98. The van der Waals surface area contributed by atoms with Crippen LogP contribution in [0.3, 0.4) is 0 Å². The minimum Gasteiger partial charge on any atom is -0.396 e. The summed E-state index contributed by atoms with van der Waals surface area (Å²) in [6.07, 6.45) is 3.81. The number of nitrogens with two attached hydrogens (primary N) is 1. The van der Waals surface area contributed by atoms with Crippen LogP contribution in [0.2, 0.25) is 5.15 Å². The van der Waals surface area contributed by atoms with Gasteiger partial charge in [0.1, 0.15) is 11.0 Å². The SMILES string of the molecule is NC(CCO)c1nc2n(c1Cl)CCCC2. The normalized spacial score (nSPS) is 17.5. The highest BCUT2D eigenvalue weighted by Gasteiger charge is 2.21. The van der Waals surface area contributed by atoms with E-state index >= 15 is 0 Å². The van der Waals surface area contributed by atoms with Gasteiger partial charge < -0.3 is 15.4 Å². The quantitative estimate of drug-likeness (QED) is 0.820. The van der Waals surface area contributed by atoms with Crippen molar-refractivity contribution < 1.29 is 5.11 Å². The van der Waals surface area contributed by atoms with E-state index in [9.17, 15) is 0 Å². The number of imidazole rings is 1. The van der Waals surface area contributed by atoms with Crippen molar-refractivity contribution >= 4 is 11.6 Å². The number of hydrogen-bond acceptors (Lipinski definition) is 3. The Morgan fingerprint density at radius 3 is 3.00 bits per heavy atom. The molecule has 1 aliphatic rings. The molecule has 15 heavy (non-hydrogen) atoms. The summed E-state index contributed by atoms with van der Waals surface area (Å²) in [6, 6.07) is -0.249. The van der Waals surface area contributed by atoms with Crippen LogP contribution in [0.5, 0.6) is 0 Å². The first-order chi connectivity index (χ1) is 7.24. The maximum atomic E-state index is 8.83. The van der Waals surface area contributed by atoms with E-state index in [0.29, 0.717) is 11.6 Å². The lowest BCUT2D eigenvalue weighted by Gasteiger charge is -2.13. The lowest BCUT2D eigenvalue weighted by atomic mass is 10.2. The molecule has 0 aliphatic carbocycles. The van der Waals surface area contributed by atoms with Crippen LogP contribution in [0.4, 0.5) is 0 Å². The molecule has 3 N–H and O–H groups in total. The molecular formula is C10H16ClN3O. The van der Waals surface area contributed by atoms with Gasteiger partial charge in [0.2, 0.25) is 0 Å². The number of fused-ring (bicyclic) bond motifs is 1. The molecule has 0 saturated heterocycles. The van der Waals surface area contributed by atoms with Crippen molar-refractivity contribution in [2.45, 2.75) is 38.3 Å². The van der Waals surface area contributed by atoms with E-state index in [1.807, 2.05) is 4.57 Å². The topological polar surface area (TPSA) is 64.1 Å². The van der Waals surface area contributed by atoms with Crippen LogP contribution in [0.15, 0.2) is 0 Å². The van der Waals surface area contributed by atoms with Crippen LogP contribution in [-0.4, -0.2) is 21.3 Å². The molecule has 2 heterocycles. The highest BCUT2D eigenvalue weighted by molar-refractivity contribution is 6.30. The fraction of sp³-hybridized carbons (Fsp3) is 0.700. The number of aryl methyl sites for hydroxylation is 1. The van der Waals surface area contributed by atoms with Gasteiger partial charge in [0.15, 0.2) is 0 Å². The maximum Gasteiger partial charge on any atom is 0.133 e. The molecule has 0 radical (unpaired) electrons. The van der Waals surface area contributed by atoms with Crippen molar-refractivity contribution in [2.75, 3.05) is 6.61 Å². The monoisotopic (exact) mass is 229 g/mol. The van der Waals surface area contributed by atoms with Gasteiger partial charge in [-0.15, -0.1) is 0 Å². The van der Waals surface area contributed by atoms with Crippen molar-refractivity contribution in [3.8, 4) is 0 Å². The second kappa shape index (κ2) is 4.51. The summed E-state index contributed by atoms with van der Waals surface area (Å²) in [7, 11) is 0. The molecule has 84 valence electrons. The zero-order valence-corrected chi connectivity index (χ0v) is 9.37. The molecule has 4 nitrogen and oxygen atoms in total. The van der Waals surface area contributed by atoms with E-state index in [2.05, 4.69) is 4.98 Å². The van der Waals surface area contributed by atoms with Crippen molar-refractivity contribution in [3.63, 3.8) is 0 Å². The Bertz CT molecular complexity index is 351. The van der Waals surface area contributed by atoms with Crippen LogP contribution in [0.1, 0.15) is 36.8 Å². The molecule has 0 saturated carbocycles. The van der Waals surface area contributed by atoms with E-state index in [1.54, 1.807) is 0 Å². The van der Waals surface area contributed by atoms with Crippen LogP contribution in [0.25, 0.3) is 0 Å². The zero-order valence-electron chi connectivity index (χ0n) is 8.62. The number of rotatable bonds is 3. The van der Waals surface area contributed by atoms with Gasteiger partial charge in [-0.1, -0.05) is 11.6 Å². The average molecular weight is 230 g/mol. The molecule has 0 fully saturated rings. The largest absolute Gasteiger partial charge is 0.396 e. The summed E-state index contributed by atoms with van der Waals surface area (Å²) in [5, 5.41) is 9.49. The standard InChI is InChI=1S/C10H16ClN3O/c11-10-9(7(12)4-6-15)13-8-3-1-2-5-14(8)10/h7,15H,1-6,12H2. The van der Waals surface area contributed by atoms with Crippen molar-refractivity contribution in [1.82, 2.24) is 9.55 Å². The summed E-state index contributed by atoms with van der Waals surface area (Å²) in [5.41, 5.74) is 6.64. The van der Waals surface area contributed by atoms with Gasteiger partial charge >= 0.3 is 0 Å².